The molecule has 22 heavy (non-hydrogen) atoms. The summed E-state index contributed by atoms with van der Waals surface area (Å²) in [5.41, 5.74) is 1.03. The molecule has 122 valence electrons. The summed E-state index contributed by atoms with van der Waals surface area (Å²) in [6.07, 6.45) is 3.24. The fourth-order valence-corrected chi connectivity index (χ4v) is 2.85. The highest BCUT2D eigenvalue weighted by Gasteiger charge is 2.24. The van der Waals surface area contributed by atoms with E-state index in [1.54, 1.807) is 0 Å². The summed E-state index contributed by atoms with van der Waals surface area (Å²) in [6, 6.07) is 10.4. The van der Waals surface area contributed by atoms with Crippen molar-refractivity contribution in [3.63, 3.8) is 0 Å². The van der Waals surface area contributed by atoms with E-state index in [9.17, 15) is 4.79 Å². The van der Waals surface area contributed by atoms with Crippen molar-refractivity contribution in [2.45, 2.75) is 45.8 Å². The predicted molar refractivity (Wildman–Crippen MR) is 88.7 cm³/mol. The van der Waals surface area contributed by atoms with E-state index in [0.29, 0.717) is 18.6 Å². The fraction of sp³-hybridized carbons (Fsp3) is 0.611. The van der Waals surface area contributed by atoms with E-state index >= 15 is 0 Å². The van der Waals surface area contributed by atoms with Gasteiger partial charge in [-0.2, -0.15) is 0 Å². The molecule has 1 aromatic carbocycles. The van der Waals surface area contributed by atoms with Crippen LogP contribution in [0.4, 0.5) is 4.79 Å². The summed E-state index contributed by atoms with van der Waals surface area (Å²) in [5.74, 6) is 0.587. The molecule has 1 unspecified atom stereocenters. The molecule has 4 heteroatoms. The minimum Gasteiger partial charge on any atom is -0.445 e. The minimum absolute atomic E-state index is 0.176. The molecule has 1 fully saturated rings. The van der Waals surface area contributed by atoms with Crippen LogP contribution in [0.1, 0.15) is 38.7 Å². The molecule has 0 aliphatic carbocycles. The Labute approximate surface area is 133 Å². The lowest BCUT2D eigenvalue weighted by atomic mass is 9.95. The van der Waals surface area contributed by atoms with Crippen LogP contribution in [0.5, 0.6) is 0 Å². The number of piperidine rings is 1. The van der Waals surface area contributed by atoms with Gasteiger partial charge in [-0.05, 0) is 37.3 Å². The first kappa shape index (κ1) is 16.8. The molecule has 0 aromatic heterocycles. The van der Waals surface area contributed by atoms with E-state index in [1.165, 1.54) is 6.42 Å². The number of rotatable bonds is 6. The Morgan fingerprint density at radius 3 is 2.86 bits per heavy atom. The van der Waals surface area contributed by atoms with Crippen molar-refractivity contribution in [2.75, 3.05) is 19.6 Å². The maximum Gasteiger partial charge on any atom is 0.410 e. The average molecular weight is 304 g/mol. The third kappa shape index (κ3) is 5.68. The molecule has 0 bridgehead atoms. The number of amides is 1. The molecule has 1 aliphatic rings. The first-order valence-electron chi connectivity index (χ1n) is 8.34. The van der Waals surface area contributed by atoms with Gasteiger partial charge in [-0.15, -0.1) is 0 Å². The molecule has 1 aromatic rings. The fourth-order valence-electron chi connectivity index (χ4n) is 2.85. The highest BCUT2D eigenvalue weighted by atomic mass is 16.6. The Kier molecular flexibility index (Phi) is 6.72. The number of nitrogens with one attached hydrogen (secondary N) is 1. The van der Waals surface area contributed by atoms with Crippen LogP contribution in [0, 0.1) is 5.92 Å². The standard InChI is InChI=1S/C18H28N2O2/c1-15(2)19-11-10-16-9-6-12-20(13-16)18(21)22-14-17-7-4-3-5-8-17/h3-5,7-8,15-16,19H,6,9-14H2,1-2H3. The second-order valence-corrected chi connectivity index (χ2v) is 6.39. The first-order chi connectivity index (χ1) is 10.6. The summed E-state index contributed by atoms with van der Waals surface area (Å²) in [6.45, 7) is 7.35. The second kappa shape index (κ2) is 8.79. The zero-order valence-corrected chi connectivity index (χ0v) is 13.8. The Morgan fingerprint density at radius 2 is 2.14 bits per heavy atom. The zero-order chi connectivity index (χ0) is 15.8. The maximum atomic E-state index is 12.2. The molecular formula is C18H28N2O2. The van der Waals surface area contributed by atoms with E-state index < -0.39 is 0 Å². The lowest BCUT2D eigenvalue weighted by Gasteiger charge is -2.32. The highest BCUT2D eigenvalue weighted by molar-refractivity contribution is 5.67. The Bertz CT molecular complexity index is 448. The Morgan fingerprint density at radius 1 is 1.36 bits per heavy atom. The number of hydrogen-bond acceptors (Lipinski definition) is 3. The summed E-state index contributed by atoms with van der Waals surface area (Å²) in [7, 11) is 0. The number of benzene rings is 1. The van der Waals surface area contributed by atoms with E-state index in [4.69, 9.17) is 4.74 Å². The molecule has 1 saturated heterocycles. The molecule has 0 saturated carbocycles. The maximum absolute atomic E-state index is 12.2. The van der Waals surface area contributed by atoms with Crippen molar-refractivity contribution in [3.8, 4) is 0 Å². The van der Waals surface area contributed by atoms with Gasteiger partial charge in [-0.3, -0.25) is 0 Å². The highest BCUT2D eigenvalue weighted by Crippen LogP contribution is 2.20. The van der Waals surface area contributed by atoms with Gasteiger partial charge in [-0.25, -0.2) is 4.79 Å². The SMILES string of the molecule is CC(C)NCCC1CCCN(C(=O)OCc2ccccc2)C1. The van der Waals surface area contributed by atoms with Gasteiger partial charge in [0.25, 0.3) is 0 Å². The van der Waals surface area contributed by atoms with Crippen molar-refractivity contribution in [2.24, 2.45) is 5.92 Å². The van der Waals surface area contributed by atoms with Crippen LogP contribution < -0.4 is 5.32 Å². The Hall–Kier alpha value is -1.55. The summed E-state index contributed by atoms with van der Waals surface area (Å²) in [5, 5.41) is 3.45. The molecule has 1 N–H and O–H groups in total. The number of ether oxygens (including phenoxy) is 1. The van der Waals surface area contributed by atoms with Crippen molar-refractivity contribution in [1.29, 1.82) is 0 Å². The largest absolute Gasteiger partial charge is 0.445 e. The molecule has 1 aliphatic heterocycles. The molecule has 0 radical (unpaired) electrons. The van der Waals surface area contributed by atoms with Crippen molar-refractivity contribution in [1.82, 2.24) is 10.2 Å². The van der Waals surface area contributed by atoms with E-state index in [0.717, 1.165) is 38.0 Å². The van der Waals surface area contributed by atoms with Crippen LogP contribution in [0.3, 0.4) is 0 Å². The van der Waals surface area contributed by atoms with E-state index in [-0.39, 0.29) is 6.09 Å². The van der Waals surface area contributed by atoms with Crippen LogP contribution in [0.25, 0.3) is 0 Å². The van der Waals surface area contributed by atoms with Gasteiger partial charge in [-0.1, -0.05) is 44.2 Å². The quantitative estimate of drug-likeness (QED) is 0.875. The van der Waals surface area contributed by atoms with Gasteiger partial charge in [0, 0.05) is 19.1 Å². The van der Waals surface area contributed by atoms with Gasteiger partial charge >= 0.3 is 6.09 Å². The molecule has 0 spiro atoms. The Balaban J connectivity index is 1.72. The van der Waals surface area contributed by atoms with Gasteiger partial charge in [0.15, 0.2) is 0 Å². The van der Waals surface area contributed by atoms with Crippen molar-refractivity contribution < 1.29 is 9.53 Å². The monoisotopic (exact) mass is 304 g/mol. The third-order valence-electron chi connectivity index (χ3n) is 4.09. The van der Waals surface area contributed by atoms with E-state index in [2.05, 4.69) is 19.2 Å². The molecule has 1 atom stereocenters. The number of nitrogens with zero attached hydrogens (tertiary/aromatic N) is 1. The van der Waals surface area contributed by atoms with E-state index in [1.807, 2.05) is 35.2 Å². The van der Waals surface area contributed by atoms with Gasteiger partial charge in [0.2, 0.25) is 0 Å². The van der Waals surface area contributed by atoms with Gasteiger partial charge < -0.3 is 15.0 Å². The van der Waals surface area contributed by atoms with Crippen LogP contribution in [0.15, 0.2) is 30.3 Å². The van der Waals surface area contributed by atoms with Crippen LogP contribution in [-0.2, 0) is 11.3 Å². The van der Waals surface area contributed by atoms with Crippen molar-refractivity contribution >= 4 is 6.09 Å². The molecular weight excluding hydrogens is 276 g/mol. The topological polar surface area (TPSA) is 41.6 Å². The molecule has 1 heterocycles. The number of carbonyl (C=O) groups excluding carboxylic acids is 1. The van der Waals surface area contributed by atoms with Gasteiger partial charge in [0.05, 0.1) is 0 Å². The van der Waals surface area contributed by atoms with Gasteiger partial charge in [0.1, 0.15) is 6.61 Å². The molecule has 4 nitrogen and oxygen atoms in total. The summed E-state index contributed by atoms with van der Waals surface area (Å²) < 4.78 is 5.43. The first-order valence-corrected chi connectivity index (χ1v) is 8.34. The van der Waals surface area contributed by atoms with Crippen LogP contribution >= 0.6 is 0 Å². The van der Waals surface area contributed by atoms with Crippen LogP contribution in [0.2, 0.25) is 0 Å². The number of carbonyl (C=O) groups is 1. The zero-order valence-electron chi connectivity index (χ0n) is 13.8. The van der Waals surface area contributed by atoms with Crippen LogP contribution in [-0.4, -0.2) is 36.7 Å². The lowest BCUT2D eigenvalue weighted by molar-refractivity contribution is 0.0779. The lowest BCUT2D eigenvalue weighted by Crippen LogP contribution is -2.41. The number of hydrogen-bond donors (Lipinski definition) is 1. The summed E-state index contributed by atoms with van der Waals surface area (Å²) >= 11 is 0. The smallest absolute Gasteiger partial charge is 0.410 e. The average Bonchev–Trinajstić information content (AvgIpc) is 2.53. The minimum atomic E-state index is -0.176. The number of likely N-dealkylation sites (tertiary alicyclic amines) is 1. The molecule has 1 amide bonds. The van der Waals surface area contributed by atoms with Crippen molar-refractivity contribution in [3.05, 3.63) is 35.9 Å². The molecule has 2 rings (SSSR count). The third-order valence-corrected chi connectivity index (χ3v) is 4.09. The predicted octanol–water partition coefficient (Wildman–Crippen LogP) is 3.42. The normalized spacial score (nSPS) is 18.5. The second-order valence-electron chi connectivity index (χ2n) is 6.39. The summed E-state index contributed by atoms with van der Waals surface area (Å²) in [4.78, 5) is 14.1.